The largest absolute Gasteiger partial charge is 0.480 e. The normalized spacial score (nSPS) is 30.1. The topological polar surface area (TPSA) is 43.8 Å². The van der Waals surface area contributed by atoms with Gasteiger partial charge in [-0.3, -0.25) is 9.69 Å². The Labute approximate surface area is 116 Å². The average Bonchev–Trinajstić information content (AvgIpc) is 2.67. The molecule has 2 rings (SSSR count). The average molecular weight is 277 g/mol. The minimum atomic E-state index is -0.684. The molecule has 2 atom stereocenters. The van der Waals surface area contributed by atoms with Gasteiger partial charge in [0.1, 0.15) is 0 Å². The second-order valence-electron chi connectivity index (χ2n) is 5.53. The van der Waals surface area contributed by atoms with E-state index >= 15 is 0 Å². The van der Waals surface area contributed by atoms with Gasteiger partial charge >= 0.3 is 5.97 Å². The first-order valence-corrected chi connectivity index (χ1v) is 6.83. The molecule has 18 heavy (non-hydrogen) atoms. The molecule has 2 aliphatic heterocycles. The van der Waals surface area contributed by atoms with Gasteiger partial charge in [-0.05, 0) is 52.2 Å². The molecule has 0 saturated carbocycles. The van der Waals surface area contributed by atoms with E-state index < -0.39 is 5.97 Å². The van der Waals surface area contributed by atoms with Crippen LogP contribution in [0.4, 0.5) is 0 Å². The molecule has 2 saturated heterocycles. The van der Waals surface area contributed by atoms with E-state index in [2.05, 4.69) is 16.8 Å². The molecule has 0 bridgehead atoms. The second-order valence-corrected chi connectivity index (χ2v) is 5.53. The van der Waals surface area contributed by atoms with Crippen molar-refractivity contribution in [3.05, 3.63) is 0 Å². The molecule has 2 fully saturated rings. The first-order chi connectivity index (χ1) is 8.16. The quantitative estimate of drug-likeness (QED) is 0.851. The van der Waals surface area contributed by atoms with E-state index in [-0.39, 0.29) is 19.0 Å². The lowest BCUT2D eigenvalue weighted by Gasteiger charge is -2.37. The first-order valence-electron chi connectivity index (χ1n) is 6.83. The summed E-state index contributed by atoms with van der Waals surface area (Å²) in [6.07, 6.45) is 7.34. The van der Waals surface area contributed by atoms with Crippen molar-refractivity contribution < 1.29 is 9.90 Å². The van der Waals surface area contributed by atoms with Crippen molar-refractivity contribution in [1.29, 1.82) is 0 Å². The molecule has 2 heterocycles. The number of rotatable bonds is 4. The maximum Gasteiger partial charge on any atom is 0.317 e. The van der Waals surface area contributed by atoms with Gasteiger partial charge in [0.05, 0.1) is 6.54 Å². The van der Waals surface area contributed by atoms with Crippen LogP contribution in [-0.4, -0.2) is 59.6 Å². The fourth-order valence-corrected chi connectivity index (χ4v) is 3.30. The minimum Gasteiger partial charge on any atom is -0.480 e. The number of carboxylic acids is 1. The molecular formula is C13H25ClN2O2. The first kappa shape index (κ1) is 15.7. The van der Waals surface area contributed by atoms with E-state index in [1.807, 2.05) is 0 Å². The van der Waals surface area contributed by atoms with Gasteiger partial charge in [0, 0.05) is 12.1 Å². The number of hydrogen-bond acceptors (Lipinski definition) is 3. The Morgan fingerprint density at radius 1 is 1.17 bits per heavy atom. The van der Waals surface area contributed by atoms with Gasteiger partial charge in [-0.1, -0.05) is 6.42 Å². The second kappa shape index (κ2) is 7.31. The van der Waals surface area contributed by atoms with E-state index in [4.69, 9.17) is 5.11 Å². The minimum absolute atomic E-state index is 0. The zero-order chi connectivity index (χ0) is 12.3. The molecule has 1 N–H and O–H groups in total. The standard InChI is InChI=1S/C13H24N2O2.ClH/c1-14-7-4-6-11(14)9-12-5-2-3-8-15(12)10-13(16)17;/h11-12H,2-10H2,1H3,(H,16,17);1H/t11-,12?;/m0./s1. The smallest absolute Gasteiger partial charge is 0.317 e. The molecular weight excluding hydrogens is 252 g/mol. The summed E-state index contributed by atoms with van der Waals surface area (Å²) >= 11 is 0. The van der Waals surface area contributed by atoms with E-state index in [1.165, 1.54) is 32.2 Å². The van der Waals surface area contributed by atoms with Gasteiger partial charge in [-0.25, -0.2) is 0 Å². The Bertz CT molecular complexity index is 276. The van der Waals surface area contributed by atoms with Crippen molar-refractivity contribution in [2.45, 2.75) is 50.6 Å². The van der Waals surface area contributed by atoms with Crippen molar-refractivity contribution in [2.24, 2.45) is 0 Å². The highest BCUT2D eigenvalue weighted by Crippen LogP contribution is 2.26. The highest BCUT2D eigenvalue weighted by molar-refractivity contribution is 5.85. The predicted molar refractivity (Wildman–Crippen MR) is 74.4 cm³/mol. The Morgan fingerprint density at radius 2 is 1.89 bits per heavy atom. The van der Waals surface area contributed by atoms with Crippen molar-refractivity contribution in [2.75, 3.05) is 26.7 Å². The van der Waals surface area contributed by atoms with Crippen LogP contribution in [0.25, 0.3) is 0 Å². The van der Waals surface area contributed by atoms with E-state index in [9.17, 15) is 4.79 Å². The lowest BCUT2D eigenvalue weighted by atomic mass is 9.95. The van der Waals surface area contributed by atoms with Gasteiger partial charge in [0.15, 0.2) is 0 Å². The van der Waals surface area contributed by atoms with Crippen LogP contribution in [-0.2, 0) is 4.79 Å². The van der Waals surface area contributed by atoms with Crippen LogP contribution in [0.1, 0.15) is 38.5 Å². The number of piperidine rings is 1. The summed E-state index contributed by atoms with van der Waals surface area (Å²) in [7, 11) is 2.20. The highest BCUT2D eigenvalue weighted by atomic mass is 35.5. The van der Waals surface area contributed by atoms with Gasteiger partial charge in [-0.15, -0.1) is 12.4 Å². The maximum absolute atomic E-state index is 10.9. The lowest BCUT2D eigenvalue weighted by Crippen LogP contribution is -2.45. The van der Waals surface area contributed by atoms with Crippen molar-refractivity contribution in [3.63, 3.8) is 0 Å². The third-order valence-corrected chi connectivity index (χ3v) is 4.30. The molecule has 5 heteroatoms. The number of nitrogens with zero attached hydrogens (tertiary/aromatic N) is 2. The Hall–Kier alpha value is -0.320. The van der Waals surface area contributed by atoms with E-state index in [1.54, 1.807) is 0 Å². The predicted octanol–water partition coefficient (Wildman–Crippen LogP) is 1.83. The zero-order valence-electron chi connectivity index (χ0n) is 11.2. The molecule has 2 aliphatic rings. The summed E-state index contributed by atoms with van der Waals surface area (Å²) in [5.41, 5.74) is 0. The molecule has 106 valence electrons. The van der Waals surface area contributed by atoms with Gasteiger partial charge in [-0.2, -0.15) is 0 Å². The van der Waals surface area contributed by atoms with Crippen LogP contribution < -0.4 is 0 Å². The van der Waals surface area contributed by atoms with Gasteiger partial charge < -0.3 is 10.0 Å². The summed E-state index contributed by atoms with van der Waals surface area (Å²) in [6, 6.07) is 1.17. The number of carboxylic acid groups (broad SMARTS) is 1. The number of halogens is 1. The highest BCUT2D eigenvalue weighted by Gasteiger charge is 2.29. The SMILES string of the molecule is CN1CCC[C@H]1CC1CCCCN1CC(=O)O.Cl. The molecule has 0 aromatic carbocycles. The van der Waals surface area contributed by atoms with Gasteiger partial charge in [0.25, 0.3) is 0 Å². The Kier molecular flexibility index (Phi) is 6.39. The summed E-state index contributed by atoms with van der Waals surface area (Å²) < 4.78 is 0. The van der Waals surface area contributed by atoms with Crippen LogP contribution in [0.15, 0.2) is 0 Å². The van der Waals surface area contributed by atoms with Gasteiger partial charge in [0.2, 0.25) is 0 Å². The fraction of sp³-hybridized carbons (Fsp3) is 0.923. The Balaban J connectivity index is 0.00000162. The number of likely N-dealkylation sites (tertiary alicyclic amines) is 2. The lowest BCUT2D eigenvalue weighted by molar-refractivity contribution is -0.139. The van der Waals surface area contributed by atoms with Crippen molar-refractivity contribution >= 4 is 18.4 Å². The van der Waals surface area contributed by atoms with E-state index in [0.717, 1.165) is 19.4 Å². The third-order valence-electron chi connectivity index (χ3n) is 4.30. The monoisotopic (exact) mass is 276 g/mol. The zero-order valence-corrected chi connectivity index (χ0v) is 12.0. The molecule has 0 aromatic heterocycles. The number of carbonyl (C=O) groups is 1. The fourth-order valence-electron chi connectivity index (χ4n) is 3.30. The summed E-state index contributed by atoms with van der Waals surface area (Å²) in [5, 5.41) is 8.94. The molecule has 0 spiro atoms. The molecule has 0 aliphatic carbocycles. The van der Waals surface area contributed by atoms with Crippen LogP contribution in [0.3, 0.4) is 0 Å². The summed E-state index contributed by atoms with van der Waals surface area (Å²) in [5.74, 6) is -0.684. The molecule has 0 amide bonds. The molecule has 1 unspecified atom stereocenters. The molecule has 0 aromatic rings. The van der Waals surface area contributed by atoms with Crippen LogP contribution >= 0.6 is 12.4 Å². The Morgan fingerprint density at radius 3 is 2.50 bits per heavy atom. The van der Waals surface area contributed by atoms with Crippen molar-refractivity contribution in [3.8, 4) is 0 Å². The molecule has 4 nitrogen and oxygen atoms in total. The number of aliphatic carboxylic acids is 1. The third kappa shape index (κ3) is 4.11. The summed E-state index contributed by atoms with van der Waals surface area (Å²) in [6.45, 7) is 2.39. The summed E-state index contributed by atoms with van der Waals surface area (Å²) in [4.78, 5) is 15.5. The van der Waals surface area contributed by atoms with Crippen LogP contribution in [0.5, 0.6) is 0 Å². The van der Waals surface area contributed by atoms with E-state index in [0.29, 0.717) is 12.1 Å². The van der Waals surface area contributed by atoms with Crippen LogP contribution in [0.2, 0.25) is 0 Å². The molecule has 0 radical (unpaired) electrons. The maximum atomic E-state index is 10.9. The number of hydrogen-bond donors (Lipinski definition) is 1. The van der Waals surface area contributed by atoms with Crippen molar-refractivity contribution in [1.82, 2.24) is 9.80 Å². The van der Waals surface area contributed by atoms with Crippen LogP contribution in [0, 0.1) is 0 Å².